The van der Waals surface area contributed by atoms with Crippen LogP contribution in [0.25, 0.3) is 0 Å². The molecule has 1 aromatic carbocycles. The van der Waals surface area contributed by atoms with Crippen LogP contribution < -0.4 is 5.32 Å². The van der Waals surface area contributed by atoms with E-state index >= 15 is 0 Å². The van der Waals surface area contributed by atoms with Crippen molar-refractivity contribution in [2.24, 2.45) is 0 Å². The summed E-state index contributed by atoms with van der Waals surface area (Å²) >= 11 is 2.99. The molecule has 0 saturated heterocycles. The average molecular weight is 278 g/mol. The van der Waals surface area contributed by atoms with Gasteiger partial charge in [0.15, 0.2) is 0 Å². The molecule has 0 unspecified atom stereocenters. The van der Waals surface area contributed by atoms with E-state index in [-0.39, 0.29) is 24.4 Å². The predicted octanol–water partition coefficient (Wildman–Crippen LogP) is 2.41. The second-order valence-electron chi connectivity index (χ2n) is 3.08. The Kier molecular flexibility index (Phi) is 4.20. The van der Waals surface area contributed by atoms with E-state index in [1.165, 1.54) is 19.1 Å². The van der Waals surface area contributed by atoms with E-state index in [1.54, 1.807) is 0 Å². The second-order valence-corrected chi connectivity index (χ2v) is 4.00. The third kappa shape index (κ3) is 3.58. The molecule has 5 heteroatoms. The van der Waals surface area contributed by atoms with Gasteiger partial charge in [0, 0.05) is 23.5 Å². The molecule has 0 aromatic heterocycles. The number of hydrogen-bond donors (Lipinski definition) is 1. The molecule has 82 valence electrons. The number of benzene rings is 1. The topological polar surface area (TPSA) is 29.1 Å². The van der Waals surface area contributed by atoms with Gasteiger partial charge < -0.3 is 5.32 Å². The van der Waals surface area contributed by atoms with Crippen molar-refractivity contribution < 1.29 is 13.6 Å². The Morgan fingerprint density at radius 2 is 1.93 bits per heavy atom. The van der Waals surface area contributed by atoms with Gasteiger partial charge in [-0.1, -0.05) is 15.9 Å². The largest absolute Gasteiger partial charge is 0.356 e. The Hall–Kier alpha value is -0.970. The van der Waals surface area contributed by atoms with Crippen LogP contribution in [0, 0.1) is 11.6 Å². The molecule has 0 aliphatic rings. The summed E-state index contributed by atoms with van der Waals surface area (Å²) in [5.41, 5.74) is -0.00745. The van der Waals surface area contributed by atoms with E-state index in [1.807, 2.05) is 0 Å². The van der Waals surface area contributed by atoms with Crippen LogP contribution in [0.3, 0.4) is 0 Å². The molecule has 0 saturated carbocycles. The van der Waals surface area contributed by atoms with E-state index in [2.05, 4.69) is 21.2 Å². The number of carbonyl (C=O) groups excluding carboxylic acids is 1. The summed E-state index contributed by atoms with van der Waals surface area (Å²) in [5, 5.41) is 2.48. The highest BCUT2D eigenvalue weighted by Gasteiger charge is 2.09. The maximum absolute atomic E-state index is 13.3. The molecule has 0 aliphatic heterocycles. The fourth-order valence-electron chi connectivity index (χ4n) is 1.17. The second kappa shape index (κ2) is 5.21. The Morgan fingerprint density at radius 3 is 2.40 bits per heavy atom. The zero-order chi connectivity index (χ0) is 11.4. The van der Waals surface area contributed by atoms with Gasteiger partial charge in [0.25, 0.3) is 0 Å². The number of halogens is 3. The van der Waals surface area contributed by atoms with Crippen molar-refractivity contribution in [3.63, 3.8) is 0 Å². The molecule has 0 fully saturated rings. The van der Waals surface area contributed by atoms with Crippen molar-refractivity contribution in [3.05, 3.63) is 33.8 Å². The summed E-state index contributed by atoms with van der Waals surface area (Å²) < 4.78 is 26.9. The predicted molar refractivity (Wildman–Crippen MR) is 56.4 cm³/mol. The Morgan fingerprint density at radius 1 is 1.40 bits per heavy atom. The number of amides is 1. The van der Waals surface area contributed by atoms with Gasteiger partial charge in [-0.15, -0.1) is 0 Å². The minimum atomic E-state index is -0.604. The van der Waals surface area contributed by atoms with Crippen LogP contribution in [0.1, 0.15) is 12.5 Å². The van der Waals surface area contributed by atoms with Crippen molar-refractivity contribution in [3.8, 4) is 0 Å². The van der Waals surface area contributed by atoms with Gasteiger partial charge in [0.2, 0.25) is 5.91 Å². The van der Waals surface area contributed by atoms with Crippen LogP contribution in [0.2, 0.25) is 0 Å². The fourth-order valence-corrected chi connectivity index (χ4v) is 1.58. The minimum Gasteiger partial charge on any atom is -0.356 e. The molecule has 15 heavy (non-hydrogen) atoms. The lowest BCUT2D eigenvalue weighted by molar-refractivity contribution is -0.118. The molecule has 0 spiro atoms. The molecule has 1 N–H and O–H groups in total. The number of rotatable bonds is 3. The lowest BCUT2D eigenvalue weighted by atomic mass is 10.1. The zero-order valence-electron chi connectivity index (χ0n) is 8.11. The summed E-state index contributed by atoms with van der Waals surface area (Å²) in [4.78, 5) is 10.6. The first-order valence-electron chi connectivity index (χ1n) is 4.38. The van der Waals surface area contributed by atoms with Gasteiger partial charge in [0.1, 0.15) is 11.6 Å². The number of nitrogens with one attached hydrogen (secondary N) is 1. The number of hydrogen-bond acceptors (Lipinski definition) is 1. The molecule has 0 radical (unpaired) electrons. The summed E-state index contributed by atoms with van der Waals surface area (Å²) in [5.74, 6) is -1.42. The molecule has 0 heterocycles. The van der Waals surface area contributed by atoms with Crippen LogP contribution in [-0.4, -0.2) is 12.5 Å². The minimum absolute atomic E-state index is 0.00745. The molecule has 1 amide bonds. The van der Waals surface area contributed by atoms with Gasteiger partial charge in [-0.2, -0.15) is 0 Å². The molecule has 1 rings (SSSR count). The Labute approximate surface area is 94.8 Å². The fraction of sp³-hybridized carbons (Fsp3) is 0.300. The SMILES string of the molecule is CC(=O)NCCc1c(F)cc(Br)cc1F. The molecule has 1 aromatic rings. The van der Waals surface area contributed by atoms with Crippen molar-refractivity contribution in [1.82, 2.24) is 5.32 Å². The van der Waals surface area contributed by atoms with Crippen molar-refractivity contribution >= 4 is 21.8 Å². The Bertz CT molecular complexity index is 359. The van der Waals surface area contributed by atoms with E-state index in [9.17, 15) is 13.6 Å². The van der Waals surface area contributed by atoms with Crippen molar-refractivity contribution in [1.29, 1.82) is 0 Å². The molecule has 0 aliphatic carbocycles. The van der Waals surface area contributed by atoms with E-state index in [4.69, 9.17) is 0 Å². The quantitative estimate of drug-likeness (QED) is 0.903. The molecule has 0 atom stereocenters. The van der Waals surface area contributed by atoms with E-state index in [0.29, 0.717) is 4.47 Å². The van der Waals surface area contributed by atoms with Gasteiger partial charge >= 0.3 is 0 Å². The van der Waals surface area contributed by atoms with Gasteiger partial charge in [-0.3, -0.25) is 4.79 Å². The van der Waals surface area contributed by atoms with Gasteiger partial charge in [0.05, 0.1) is 0 Å². The zero-order valence-corrected chi connectivity index (χ0v) is 9.70. The normalized spacial score (nSPS) is 10.1. The first-order valence-corrected chi connectivity index (χ1v) is 5.18. The van der Waals surface area contributed by atoms with Crippen LogP contribution in [-0.2, 0) is 11.2 Å². The average Bonchev–Trinajstić information content (AvgIpc) is 2.08. The summed E-state index contributed by atoms with van der Waals surface area (Å²) in [6.07, 6.45) is 0.143. The highest BCUT2D eigenvalue weighted by atomic mass is 79.9. The van der Waals surface area contributed by atoms with E-state index in [0.717, 1.165) is 0 Å². The van der Waals surface area contributed by atoms with Gasteiger partial charge in [-0.05, 0) is 18.6 Å². The maximum Gasteiger partial charge on any atom is 0.216 e. The standard InChI is InChI=1S/C10H10BrF2NO/c1-6(15)14-3-2-8-9(12)4-7(11)5-10(8)13/h4-5H,2-3H2,1H3,(H,14,15). The van der Waals surface area contributed by atoms with Gasteiger partial charge in [-0.25, -0.2) is 8.78 Å². The van der Waals surface area contributed by atoms with E-state index < -0.39 is 11.6 Å². The monoisotopic (exact) mass is 277 g/mol. The third-order valence-electron chi connectivity index (χ3n) is 1.85. The lowest BCUT2D eigenvalue weighted by Crippen LogP contribution is -2.23. The Balaban J connectivity index is 2.72. The first kappa shape index (κ1) is 12.1. The van der Waals surface area contributed by atoms with Crippen LogP contribution >= 0.6 is 15.9 Å². The first-order chi connectivity index (χ1) is 7.00. The summed E-state index contributed by atoms with van der Waals surface area (Å²) in [6, 6.07) is 2.40. The summed E-state index contributed by atoms with van der Waals surface area (Å²) in [6.45, 7) is 1.58. The highest BCUT2D eigenvalue weighted by molar-refractivity contribution is 9.10. The van der Waals surface area contributed by atoms with Crippen molar-refractivity contribution in [2.45, 2.75) is 13.3 Å². The maximum atomic E-state index is 13.3. The highest BCUT2D eigenvalue weighted by Crippen LogP contribution is 2.19. The summed E-state index contributed by atoms with van der Waals surface area (Å²) in [7, 11) is 0. The lowest BCUT2D eigenvalue weighted by Gasteiger charge is -2.06. The third-order valence-corrected chi connectivity index (χ3v) is 2.31. The molecule has 2 nitrogen and oxygen atoms in total. The number of carbonyl (C=O) groups is 1. The molecule has 0 bridgehead atoms. The molecular weight excluding hydrogens is 268 g/mol. The van der Waals surface area contributed by atoms with Crippen molar-refractivity contribution in [2.75, 3.05) is 6.54 Å². The van der Waals surface area contributed by atoms with Crippen LogP contribution in [0.15, 0.2) is 16.6 Å². The smallest absolute Gasteiger partial charge is 0.216 e. The van der Waals surface area contributed by atoms with Crippen LogP contribution in [0.4, 0.5) is 8.78 Å². The molecular formula is C10H10BrF2NO. The van der Waals surface area contributed by atoms with Crippen LogP contribution in [0.5, 0.6) is 0 Å².